The van der Waals surface area contributed by atoms with E-state index in [-0.39, 0.29) is 5.75 Å². The number of benzene rings is 1. The molecular weight excluding hydrogens is 216 g/mol. The van der Waals surface area contributed by atoms with Crippen LogP contribution in [0, 0.1) is 0 Å². The first kappa shape index (κ1) is 12.2. The van der Waals surface area contributed by atoms with Crippen LogP contribution in [0.4, 0.5) is 0 Å². The largest absolute Gasteiger partial charge is 0.504 e. The van der Waals surface area contributed by atoms with E-state index < -0.39 is 0 Å². The lowest BCUT2D eigenvalue weighted by Gasteiger charge is -2.30. The summed E-state index contributed by atoms with van der Waals surface area (Å²) in [6.45, 7) is 2.91. The van der Waals surface area contributed by atoms with Gasteiger partial charge in [-0.3, -0.25) is 4.90 Å². The number of phenols is 1. The third kappa shape index (κ3) is 3.11. The summed E-state index contributed by atoms with van der Waals surface area (Å²) in [4.78, 5) is 2.35. The maximum Gasteiger partial charge on any atom is 0.160 e. The fourth-order valence-corrected chi connectivity index (χ4v) is 2.31. The molecule has 0 saturated carbocycles. The summed E-state index contributed by atoms with van der Waals surface area (Å²) in [6, 6.07) is 5.79. The Labute approximate surface area is 102 Å². The van der Waals surface area contributed by atoms with Gasteiger partial charge in [0.05, 0.1) is 7.11 Å². The average molecular weight is 236 g/mol. The van der Waals surface area contributed by atoms with E-state index in [4.69, 9.17) is 10.5 Å². The molecule has 0 spiro atoms. The Morgan fingerprint density at radius 2 is 2.35 bits per heavy atom. The molecule has 0 amide bonds. The van der Waals surface area contributed by atoms with E-state index in [1.165, 1.54) is 0 Å². The van der Waals surface area contributed by atoms with E-state index in [0.717, 1.165) is 38.0 Å². The molecule has 1 unspecified atom stereocenters. The lowest BCUT2D eigenvalue weighted by atomic mass is 10.1. The second kappa shape index (κ2) is 5.38. The monoisotopic (exact) mass is 236 g/mol. The molecule has 0 radical (unpaired) electrons. The van der Waals surface area contributed by atoms with Gasteiger partial charge in [-0.05, 0) is 37.1 Å². The van der Waals surface area contributed by atoms with Crippen LogP contribution in [0.25, 0.3) is 0 Å². The molecule has 1 heterocycles. The van der Waals surface area contributed by atoms with Gasteiger partial charge in [0.25, 0.3) is 0 Å². The molecule has 1 aromatic rings. The van der Waals surface area contributed by atoms with Crippen LogP contribution in [0.3, 0.4) is 0 Å². The van der Waals surface area contributed by atoms with Gasteiger partial charge in [-0.1, -0.05) is 6.07 Å². The highest BCUT2D eigenvalue weighted by atomic mass is 16.5. The SMILES string of the molecule is COc1cc(CN2CCCC(N)C2)ccc1O. The van der Waals surface area contributed by atoms with Crippen molar-refractivity contribution in [2.24, 2.45) is 5.73 Å². The number of piperidine rings is 1. The van der Waals surface area contributed by atoms with Crippen LogP contribution in [0.5, 0.6) is 11.5 Å². The molecule has 0 aromatic heterocycles. The molecular formula is C13H20N2O2. The minimum absolute atomic E-state index is 0.187. The van der Waals surface area contributed by atoms with Crippen LogP contribution >= 0.6 is 0 Å². The molecule has 4 nitrogen and oxygen atoms in total. The first-order valence-corrected chi connectivity index (χ1v) is 6.03. The average Bonchev–Trinajstić information content (AvgIpc) is 2.32. The molecule has 3 N–H and O–H groups in total. The first-order chi connectivity index (χ1) is 8.19. The molecule has 1 fully saturated rings. The van der Waals surface area contributed by atoms with Crippen molar-refractivity contribution < 1.29 is 9.84 Å². The lowest BCUT2D eigenvalue weighted by Crippen LogP contribution is -2.42. The van der Waals surface area contributed by atoms with Crippen LogP contribution in [0.15, 0.2) is 18.2 Å². The van der Waals surface area contributed by atoms with Gasteiger partial charge in [-0.25, -0.2) is 0 Å². The van der Waals surface area contributed by atoms with Crippen molar-refractivity contribution in [1.29, 1.82) is 0 Å². The standard InChI is InChI=1S/C13H20N2O2/c1-17-13-7-10(4-5-12(13)16)8-15-6-2-3-11(14)9-15/h4-5,7,11,16H,2-3,6,8-9,14H2,1H3. The molecule has 0 aliphatic carbocycles. The third-order valence-electron chi connectivity index (χ3n) is 3.19. The summed E-state index contributed by atoms with van der Waals surface area (Å²) in [5, 5.41) is 9.52. The predicted octanol–water partition coefficient (Wildman–Crippen LogP) is 1.32. The van der Waals surface area contributed by atoms with Crippen molar-refractivity contribution in [3.05, 3.63) is 23.8 Å². The van der Waals surface area contributed by atoms with Gasteiger partial charge in [0.15, 0.2) is 11.5 Å². The van der Waals surface area contributed by atoms with Crippen LogP contribution in [-0.2, 0) is 6.54 Å². The maximum absolute atomic E-state index is 9.52. The Bertz CT molecular complexity index is 382. The quantitative estimate of drug-likeness (QED) is 0.831. The molecule has 1 atom stereocenters. The van der Waals surface area contributed by atoms with Crippen LogP contribution in [0.1, 0.15) is 18.4 Å². The van der Waals surface area contributed by atoms with E-state index in [1.807, 2.05) is 12.1 Å². The lowest BCUT2D eigenvalue weighted by molar-refractivity contribution is 0.201. The Hall–Kier alpha value is -1.26. The molecule has 2 rings (SSSR count). The zero-order chi connectivity index (χ0) is 12.3. The fourth-order valence-electron chi connectivity index (χ4n) is 2.31. The minimum Gasteiger partial charge on any atom is -0.504 e. The molecule has 1 aliphatic rings. The molecule has 0 bridgehead atoms. The molecule has 1 aliphatic heterocycles. The van der Waals surface area contributed by atoms with Crippen LogP contribution in [-0.4, -0.2) is 36.2 Å². The van der Waals surface area contributed by atoms with Crippen molar-refractivity contribution in [3.63, 3.8) is 0 Å². The Balaban J connectivity index is 2.02. The van der Waals surface area contributed by atoms with Crippen molar-refractivity contribution in [3.8, 4) is 11.5 Å². The van der Waals surface area contributed by atoms with E-state index in [2.05, 4.69) is 4.90 Å². The summed E-state index contributed by atoms with van der Waals surface area (Å²) in [5.41, 5.74) is 7.10. The Morgan fingerprint density at radius 1 is 1.53 bits per heavy atom. The Kier molecular flexibility index (Phi) is 3.86. The molecule has 17 heavy (non-hydrogen) atoms. The van der Waals surface area contributed by atoms with Gasteiger partial charge < -0.3 is 15.6 Å². The number of methoxy groups -OCH3 is 1. The van der Waals surface area contributed by atoms with Gasteiger partial charge in [0.1, 0.15) is 0 Å². The van der Waals surface area contributed by atoms with Gasteiger partial charge in [0.2, 0.25) is 0 Å². The number of nitrogens with zero attached hydrogens (tertiary/aromatic N) is 1. The summed E-state index contributed by atoms with van der Waals surface area (Å²) in [6.07, 6.45) is 2.28. The fraction of sp³-hybridized carbons (Fsp3) is 0.538. The number of likely N-dealkylation sites (tertiary alicyclic amines) is 1. The van der Waals surface area contributed by atoms with Crippen molar-refractivity contribution in [1.82, 2.24) is 4.90 Å². The highest BCUT2D eigenvalue weighted by Crippen LogP contribution is 2.27. The van der Waals surface area contributed by atoms with Gasteiger partial charge >= 0.3 is 0 Å². The number of hydrogen-bond acceptors (Lipinski definition) is 4. The van der Waals surface area contributed by atoms with E-state index in [0.29, 0.717) is 11.8 Å². The Morgan fingerprint density at radius 3 is 3.06 bits per heavy atom. The number of aromatic hydroxyl groups is 1. The van der Waals surface area contributed by atoms with Crippen LogP contribution in [0.2, 0.25) is 0 Å². The molecule has 4 heteroatoms. The zero-order valence-corrected chi connectivity index (χ0v) is 10.2. The zero-order valence-electron chi connectivity index (χ0n) is 10.2. The summed E-state index contributed by atoms with van der Waals surface area (Å²) in [7, 11) is 1.57. The summed E-state index contributed by atoms with van der Waals surface area (Å²) in [5.74, 6) is 0.718. The highest BCUT2D eigenvalue weighted by molar-refractivity contribution is 5.41. The predicted molar refractivity (Wildman–Crippen MR) is 67.1 cm³/mol. The number of nitrogens with two attached hydrogens (primary N) is 1. The smallest absolute Gasteiger partial charge is 0.160 e. The van der Waals surface area contributed by atoms with Crippen LogP contribution < -0.4 is 10.5 Å². The second-order valence-electron chi connectivity index (χ2n) is 4.64. The summed E-state index contributed by atoms with van der Waals surface area (Å²) < 4.78 is 5.10. The topological polar surface area (TPSA) is 58.7 Å². The van der Waals surface area contributed by atoms with Crippen molar-refractivity contribution in [2.45, 2.75) is 25.4 Å². The van der Waals surface area contributed by atoms with E-state index in [9.17, 15) is 5.11 Å². The van der Waals surface area contributed by atoms with E-state index >= 15 is 0 Å². The minimum atomic E-state index is 0.187. The van der Waals surface area contributed by atoms with Gasteiger partial charge in [-0.2, -0.15) is 0 Å². The molecule has 94 valence electrons. The molecule has 1 saturated heterocycles. The maximum atomic E-state index is 9.52. The van der Waals surface area contributed by atoms with E-state index in [1.54, 1.807) is 13.2 Å². The molecule has 1 aromatic carbocycles. The number of rotatable bonds is 3. The summed E-state index contributed by atoms with van der Waals surface area (Å²) >= 11 is 0. The second-order valence-corrected chi connectivity index (χ2v) is 4.64. The van der Waals surface area contributed by atoms with Crippen molar-refractivity contribution >= 4 is 0 Å². The van der Waals surface area contributed by atoms with Crippen molar-refractivity contribution in [2.75, 3.05) is 20.2 Å². The number of hydrogen-bond donors (Lipinski definition) is 2. The van der Waals surface area contributed by atoms with Gasteiger partial charge in [-0.15, -0.1) is 0 Å². The van der Waals surface area contributed by atoms with Gasteiger partial charge in [0, 0.05) is 19.1 Å². The third-order valence-corrected chi connectivity index (χ3v) is 3.19. The highest BCUT2D eigenvalue weighted by Gasteiger charge is 2.16. The first-order valence-electron chi connectivity index (χ1n) is 6.03. The normalized spacial score (nSPS) is 21.4. The number of ether oxygens (including phenoxy) is 1. The number of phenolic OH excluding ortho intramolecular Hbond substituents is 1.